The third-order valence-corrected chi connectivity index (χ3v) is 5.96. The number of rotatable bonds is 7. The first kappa shape index (κ1) is 16.9. The smallest absolute Gasteiger partial charge is 0.214 e. The Bertz CT molecular complexity index is 473. The predicted molar refractivity (Wildman–Crippen MR) is 75.9 cm³/mol. The molecule has 0 amide bonds. The Hall–Kier alpha value is -0.180. The van der Waals surface area contributed by atoms with E-state index in [1.807, 2.05) is 6.92 Å². The fourth-order valence-electron chi connectivity index (χ4n) is 2.24. The third kappa shape index (κ3) is 5.76. The molecule has 19 heavy (non-hydrogen) atoms. The van der Waals surface area contributed by atoms with Crippen molar-refractivity contribution in [3.63, 3.8) is 0 Å². The van der Waals surface area contributed by atoms with Gasteiger partial charge in [-0.15, -0.1) is 0 Å². The van der Waals surface area contributed by atoms with Crippen molar-refractivity contribution in [3.05, 3.63) is 0 Å². The molecule has 1 heterocycles. The number of hydrogen-bond donors (Lipinski definition) is 1. The van der Waals surface area contributed by atoms with E-state index < -0.39 is 20.0 Å². The highest BCUT2D eigenvalue weighted by Gasteiger charge is 2.31. The molecule has 0 aromatic carbocycles. The summed E-state index contributed by atoms with van der Waals surface area (Å²) in [5, 5.41) is 0. The number of piperidine rings is 1. The first-order valence-electron chi connectivity index (χ1n) is 6.70. The van der Waals surface area contributed by atoms with Gasteiger partial charge in [0.05, 0.1) is 12.0 Å². The van der Waals surface area contributed by atoms with Crippen LogP contribution in [-0.2, 0) is 20.0 Å². The van der Waals surface area contributed by atoms with Crippen LogP contribution in [0.5, 0.6) is 0 Å². The summed E-state index contributed by atoms with van der Waals surface area (Å²) in [5.41, 5.74) is 0. The zero-order valence-electron chi connectivity index (χ0n) is 11.6. The first-order chi connectivity index (χ1) is 8.76. The highest BCUT2D eigenvalue weighted by Crippen LogP contribution is 2.21. The Kier molecular flexibility index (Phi) is 6.22. The molecule has 1 aliphatic rings. The van der Waals surface area contributed by atoms with E-state index >= 15 is 0 Å². The predicted octanol–water partition coefficient (Wildman–Crippen LogP) is 0.520. The lowest BCUT2D eigenvalue weighted by atomic mass is 10.1. The summed E-state index contributed by atoms with van der Waals surface area (Å²) in [4.78, 5) is 0. The Balaban J connectivity index is 2.72. The summed E-state index contributed by atoms with van der Waals surface area (Å²) in [5.74, 6) is 0.152. The van der Waals surface area contributed by atoms with Gasteiger partial charge < -0.3 is 0 Å². The van der Waals surface area contributed by atoms with Crippen molar-refractivity contribution in [2.75, 3.05) is 25.1 Å². The molecule has 1 aliphatic heterocycles. The molecule has 0 spiro atoms. The van der Waals surface area contributed by atoms with Crippen molar-refractivity contribution in [2.45, 2.75) is 45.1 Å². The summed E-state index contributed by atoms with van der Waals surface area (Å²) >= 11 is 0. The van der Waals surface area contributed by atoms with Crippen LogP contribution in [0.15, 0.2) is 0 Å². The maximum Gasteiger partial charge on any atom is 0.214 e. The number of nitrogens with one attached hydrogen (secondary N) is 1. The van der Waals surface area contributed by atoms with Gasteiger partial charge in [0.2, 0.25) is 20.0 Å². The maximum absolute atomic E-state index is 12.2. The van der Waals surface area contributed by atoms with Gasteiger partial charge >= 0.3 is 0 Å². The Morgan fingerprint density at radius 1 is 1.21 bits per heavy atom. The Morgan fingerprint density at radius 3 is 2.47 bits per heavy atom. The van der Waals surface area contributed by atoms with Crippen molar-refractivity contribution in [1.29, 1.82) is 0 Å². The Morgan fingerprint density at radius 2 is 1.89 bits per heavy atom. The molecule has 0 bridgehead atoms. The van der Waals surface area contributed by atoms with Gasteiger partial charge in [-0.2, -0.15) is 4.31 Å². The van der Waals surface area contributed by atoms with Crippen LogP contribution in [0.3, 0.4) is 0 Å². The van der Waals surface area contributed by atoms with E-state index in [9.17, 15) is 16.8 Å². The molecule has 1 rings (SSSR count). The van der Waals surface area contributed by atoms with Crippen LogP contribution in [0.25, 0.3) is 0 Å². The van der Waals surface area contributed by atoms with E-state index in [1.54, 1.807) is 0 Å². The van der Waals surface area contributed by atoms with E-state index in [0.29, 0.717) is 19.4 Å². The molecule has 1 unspecified atom stereocenters. The van der Waals surface area contributed by atoms with Crippen LogP contribution in [0.1, 0.15) is 39.0 Å². The quantitative estimate of drug-likeness (QED) is 0.743. The summed E-state index contributed by atoms with van der Waals surface area (Å²) in [6.07, 6.45) is 5.07. The van der Waals surface area contributed by atoms with Gasteiger partial charge in [0.1, 0.15) is 0 Å². The van der Waals surface area contributed by atoms with Gasteiger partial charge in [-0.25, -0.2) is 21.6 Å². The molecule has 0 aromatic heterocycles. The van der Waals surface area contributed by atoms with E-state index in [2.05, 4.69) is 4.72 Å². The van der Waals surface area contributed by atoms with Crippen LogP contribution in [0, 0.1) is 0 Å². The molecular weight excluding hydrogens is 288 g/mol. The molecule has 0 saturated carbocycles. The van der Waals surface area contributed by atoms with E-state index in [4.69, 9.17) is 0 Å². The van der Waals surface area contributed by atoms with Crippen molar-refractivity contribution in [3.8, 4) is 0 Å². The molecule has 8 heteroatoms. The summed E-state index contributed by atoms with van der Waals surface area (Å²) in [6, 6.07) is -0.245. The van der Waals surface area contributed by atoms with Crippen molar-refractivity contribution in [2.24, 2.45) is 0 Å². The van der Waals surface area contributed by atoms with Crippen LogP contribution < -0.4 is 4.72 Å². The van der Waals surface area contributed by atoms with Crippen LogP contribution >= 0.6 is 0 Å². The second-order valence-electron chi connectivity index (χ2n) is 5.05. The molecule has 6 nitrogen and oxygen atoms in total. The molecule has 114 valence electrons. The average Bonchev–Trinajstić information content (AvgIpc) is 2.33. The molecule has 1 N–H and O–H groups in total. The number of unbranched alkanes of at least 4 members (excludes halogenated alkanes) is 1. The fraction of sp³-hybridized carbons (Fsp3) is 1.00. The SMILES string of the molecule is CCCCS(=O)(=O)N1CCCCC1CNS(C)(=O)=O. The highest BCUT2D eigenvalue weighted by atomic mass is 32.2. The van der Waals surface area contributed by atoms with E-state index in [0.717, 1.165) is 25.5 Å². The van der Waals surface area contributed by atoms with Gasteiger partial charge in [-0.3, -0.25) is 0 Å². The van der Waals surface area contributed by atoms with E-state index in [1.165, 1.54) is 4.31 Å². The topological polar surface area (TPSA) is 83.6 Å². The molecular formula is C11H24N2O4S2. The van der Waals surface area contributed by atoms with Gasteiger partial charge in [0.25, 0.3) is 0 Å². The monoisotopic (exact) mass is 312 g/mol. The zero-order valence-corrected chi connectivity index (χ0v) is 13.3. The maximum atomic E-state index is 12.2. The molecule has 0 aromatic rings. The normalized spacial score (nSPS) is 22.5. The lowest BCUT2D eigenvalue weighted by Gasteiger charge is -2.34. The summed E-state index contributed by atoms with van der Waals surface area (Å²) in [7, 11) is -6.54. The minimum Gasteiger partial charge on any atom is -0.214 e. The largest absolute Gasteiger partial charge is 0.214 e. The fourth-order valence-corrected chi connectivity index (χ4v) is 4.66. The second kappa shape index (κ2) is 7.01. The lowest BCUT2D eigenvalue weighted by Crippen LogP contribution is -2.49. The molecule has 0 aliphatic carbocycles. The highest BCUT2D eigenvalue weighted by molar-refractivity contribution is 7.89. The van der Waals surface area contributed by atoms with Crippen molar-refractivity contribution < 1.29 is 16.8 Å². The van der Waals surface area contributed by atoms with Crippen LogP contribution in [0.2, 0.25) is 0 Å². The van der Waals surface area contributed by atoms with Gasteiger partial charge in [0.15, 0.2) is 0 Å². The zero-order chi connectivity index (χ0) is 14.5. The van der Waals surface area contributed by atoms with Crippen LogP contribution in [0.4, 0.5) is 0 Å². The number of sulfonamides is 2. The molecule has 1 fully saturated rings. The minimum absolute atomic E-state index is 0.152. The Labute approximate surface area is 116 Å². The first-order valence-corrected chi connectivity index (χ1v) is 10.2. The standard InChI is InChI=1S/C11H24N2O4S2/c1-3-4-9-19(16,17)13-8-6-5-7-11(13)10-12-18(2,14)15/h11-12H,3-10H2,1-2H3. The minimum atomic E-state index is -3.28. The van der Waals surface area contributed by atoms with Crippen LogP contribution in [-0.4, -0.2) is 52.3 Å². The third-order valence-electron chi connectivity index (χ3n) is 3.27. The lowest BCUT2D eigenvalue weighted by molar-refractivity contribution is 0.253. The molecule has 0 radical (unpaired) electrons. The second-order valence-corrected chi connectivity index (χ2v) is 8.92. The van der Waals surface area contributed by atoms with Crippen molar-refractivity contribution >= 4 is 20.0 Å². The number of nitrogens with zero attached hydrogens (tertiary/aromatic N) is 1. The molecule has 1 atom stereocenters. The summed E-state index contributed by atoms with van der Waals surface area (Å²) < 4.78 is 50.6. The number of hydrogen-bond acceptors (Lipinski definition) is 4. The van der Waals surface area contributed by atoms with Gasteiger partial charge in [0, 0.05) is 19.1 Å². The van der Waals surface area contributed by atoms with E-state index in [-0.39, 0.29) is 18.3 Å². The molecule has 1 saturated heterocycles. The average molecular weight is 312 g/mol. The van der Waals surface area contributed by atoms with Crippen molar-refractivity contribution in [1.82, 2.24) is 9.03 Å². The summed E-state index contributed by atoms with van der Waals surface area (Å²) in [6.45, 7) is 2.63. The van der Waals surface area contributed by atoms with Gasteiger partial charge in [-0.05, 0) is 19.3 Å². The van der Waals surface area contributed by atoms with Gasteiger partial charge in [-0.1, -0.05) is 19.8 Å².